The number of aromatic nitrogens is 2. The van der Waals surface area contributed by atoms with Crippen LogP contribution in [0.25, 0.3) is 22.3 Å². The summed E-state index contributed by atoms with van der Waals surface area (Å²) >= 11 is 0. The zero-order chi connectivity index (χ0) is 17.1. The monoisotopic (exact) mass is 325 g/mol. The fraction of sp³-hybridized carbons (Fsp3) is 0.0909. The largest absolute Gasteiger partial charge is 0.365 e. The van der Waals surface area contributed by atoms with E-state index in [0.717, 1.165) is 34.7 Å². The molecular formula is C22H19N3. The first-order valence-electron chi connectivity index (χ1n) is 8.42. The number of fused-ring (bicyclic) bond motifs is 1. The molecule has 4 rings (SSSR count). The minimum Gasteiger partial charge on any atom is -0.365 e. The second-order valence-electron chi connectivity index (χ2n) is 6.07. The average molecular weight is 325 g/mol. The molecule has 122 valence electrons. The maximum Gasteiger partial charge on any atom is 0.162 e. The van der Waals surface area contributed by atoms with E-state index in [0.29, 0.717) is 0 Å². The molecule has 4 aromatic rings. The molecule has 1 heterocycles. The Balaban J connectivity index is 1.80. The Bertz CT molecular complexity index is 996. The number of benzene rings is 3. The van der Waals surface area contributed by atoms with Crippen LogP contribution in [0.2, 0.25) is 0 Å². The van der Waals surface area contributed by atoms with Gasteiger partial charge >= 0.3 is 0 Å². The van der Waals surface area contributed by atoms with E-state index in [9.17, 15) is 0 Å². The van der Waals surface area contributed by atoms with Gasteiger partial charge in [-0.15, -0.1) is 0 Å². The maximum atomic E-state index is 4.82. The summed E-state index contributed by atoms with van der Waals surface area (Å²) in [5.74, 6) is 1.63. The Morgan fingerprint density at radius 3 is 2.24 bits per heavy atom. The molecule has 0 saturated carbocycles. The van der Waals surface area contributed by atoms with Gasteiger partial charge in [0.25, 0.3) is 0 Å². The third-order valence-electron chi connectivity index (χ3n) is 4.27. The van der Waals surface area contributed by atoms with E-state index in [4.69, 9.17) is 9.97 Å². The topological polar surface area (TPSA) is 37.8 Å². The van der Waals surface area contributed by atoms with Gasteiger partial charge in [-0.2, -0.15) is 0 Å². The summed E-state index contributed by atoms with van der Waals surface area (Å²) in [5, 5.41) is 4.59. The van der Waals surface area contributed by atoms with E-state index in [1.807, 2.05) is 48.5 Å². The van der Waals surface area contributed by atoms with Crippen LogP contribution in [0.3, 0.4) is 0 Å². The lowest BCUT2D eigenvalue weighted by atomic mass is 10.1. The van der Waals surface area contributed by atoms with Crippen LogP contribution in [0, 0.1) is 6.92 Å². The zero-order valence-corrected chi connectivity index (χ0v) is 14.1. The van der Waals surface area contributed by atoms with Crippen LogP contribution in [0.5, 0.6) is 0 Å². The van der Waals surface area contributed by atoms with Crippen LogP contribution < -0.4 is 5.32 Å². The molecule has 0 spiro atoms. The second-order valence-corrected chi connectivity index (χ2v) is 6.07. The molecule has 0 bridgehead atoms. The van der Waals surface area contributed by atoms with Crippen molar-refractivity contribution < 1.29 is 0 Å². The number of hydrogen-bond acceptors (Lipinski definition) is 3. The van der Waals surface area contributed by atoms with Crippen molar-refractivity contribution in [3.63, 3.8) is 0 Å². The highest BCUT2D eigenvalue weighted by Crippen LogP contribution is 2.27. The molecule has 0 saturated heterocycles. The standard InChI is InChI=1S/C22H19N3/c1-16-9-8-14-19-20(16)22(23-15-17-10-4-2-5-11-17)25-21(24-19)18-12-6-3-7-13-18/h2-14H,15H2,1H3,(H,23,24,25). The molecule has 25 heavy (non-hydrogen) atoms. The fourth-order valence-electron chi connectivity index (χ4n) is 2.98. The number of nitrogens with zero attached hydrogens (tertiary/aromatic N) is 2. The van der Waals surface area contributed by atoms with Gasteiger partial charge in [0.15, 0.2) is 5.82 Å². The van der Waals surface area contributed by atoms with Gasteiger partial charge in [-0.1, -0.05) is 72.8 Å². The molecule has 0 atom stereocenters. The van der Waals surface area contributed by atoms with Crippen molar-refractivity contribution in [3.05, 3.63) is 90.0 Å². The highest BCUT2D eigenvalue weighted by molar-refractivity contribution is 5.93. The van der Waals surface area contributed by atoms with Gasteiger partial charge in [0.05, 0.1) is 5.52 Å². The number of nitrogens with one attached hydrogen (secondary N) is 1. The summed E-state index contributed by atoms with van der Waals surface area (Å²) in [7, 11) is 0. The first-order valence-corrected chi connectivity index (χ1v) is 8.42. The van der Waals surface area contributed by atoms with Gasteiger partial charge in [0.2, 0.25) is 0 Å². The van der Waals surface area contributed by atoms with Crippen molar-refractivity contribution in [2.24, 2.45) is 0 Å². The average Bonchev–Trinajstić information content (AvgIpc) is 2.67. The Kier molecular flexibility index (Phi) is 4.13. The summed E-state index contributed by atoms with van der Waals surface area (Å²) in [5.41, 5.74) is 4.38. The molecule has 1 N–H and O–H groups in total. The maximum absolute atomic E-state index is 4.82. The minimum absolute atomic E-state index is 0.732. The highest BCUT2D eigenvalue weighted by atomic mass is 15.0. The smallest absolute Gasteiger partial charge is 0.162 e. The third-order valence-corrected chi connectivity index (χ3v) is 4.27. The van der Waals surface area contributed by atoms with E-state index in [1.165, 1.54) is 11.1 Å². The van der Waals surface area contributed by atoms with Gasteiger partial charge in [-0.3, -0.25) is 0 Å². The Morgan fingerprint density at radius 2 is 1.48 bits per heavy atom. The molecule has 0 amide bonds. The van der Waals surface area contributed by atoms with E-state index >= 15 is 0 Å². The van der Waals surface area contributed by atoms with Crippen LogP contribution in [0.15, 0.2) is 78.9 Å². The van der Waals surface area contributed by atoms with Crippen molar-refractivity contribution in [2.75, 3.05) is 5.32 Å². The predicted octanol–water partition coefficient (Wildman–Crippen LogP) is 5.22. The molecule has 0 aliphatic heterocycles. The van der Waals surface area contributed by atoms with Crippen LogP contribution in [-0.4, -0.2) is 9.97 Å². The molecule has 0 aliphatic carbocycles. The Labute approximate surface area is 147 Å². The summed E-state index contributed by atoms with van der Waals surface area (Å²) < 4.78 is 0. The molecule has 3 aromatic carbocycles. The van der Waals surface area contributed by atoms with E-state index in [-0.39, 0.29) is 0 Å². The second kappa shape index (κ2) is 6.73. The van der Waals surface area contributed by atoms with Crippen molar-refractivity contribution in [2.45, 2.75) is 13.5 Å². The summed E-state index contributed by atoms with van der Waals surface area (Å²) in [4.78, 5) is 9.60. The van der Waals surface area contributed by atoms with Gasteiger partial charge in [0, 0.05) is 17.5 Å². The number of anilines is 1. The van der Waals surface area contributed by atoms with Gasteiger partial charge in [-0.05, 0) is 24.1 Å². The van der Waals surface area contributed by atoms with Crippen LogP contribution in [-0.2, 0) is 6.54 Å². The number of hydrogen-bond donors (Lipinski definition) is 1. The first kappa shape index (κ1) is 15.3. The summed E-state index contributed by atoms with van der Waals surface area (Å²) in [6.07, 6.45) is 0. The number of aryl methyl sites for hydroxylation is 1. The lowest BCUT2D eigenvalue weighted by molar-refractivity contribution is 1.10. The number of rotatable bonds is 4. The van der Waals surface area contributed by atoms with Crippen LogP contribution in [0.1, 0.15) is 11.1 Å². The quantitative estimate of drug-likeness (QED) is 0.559. The Morgan fingerprint density at radius 1 is 0.760 bits per heavy atom. The van der Waals surface area contributed by atoms with Gasteiger partial charge in [0.1, 0.15) is 5.82 Å². The fourth-order valence-corrected chi connectivity index (χ4v) is 2.98. The van der Waals surface area contributed by atoms with E-state index in [2.05, 4.69) is 42.6 Å². The van der Waals surface area contributed by atoms with Gasteiger partial charge < -0.3 is 5.32 Å². The van der Waals surface area contributed by atoms with Crippen molar-refractivity contribution in [1.82, 2.24) is 9.97 Å². The van der Waals surface area contributed by atoms with E-state index < -0.39 is 0 Å². The highest BCUT2D eigenvalue weighted by Gasteiger charge is 2.11. The zero-order valence-electron chi connectivity index (χ0n) is 14.1. The molecule has 1 aromatic heterocycles. The molecule has 0 radical (unpaired) electrons. The lowest BCUT2D eigenvalue weighted by Gasteiger charge is -2.13. The lowest BCUT2D eigenvalue weighted by Crippen LogP contribution is -2.05. The molecule has 0 fully saturated rings. The summed E-state index contributed by atoms with van der Waals surface area (Å²) in [6.45, 7) is 2.83. The normalized spacial score (nSPS) is 10.8. The molecule has 3 heteroatoms. The van der Waals surface area contributed by atoms with Crippen molar-refractivity contribution in [3.8, 4) is 11.4 Å². The van der Waals surface area contributed by atoms with Crippen LogP contribution >= 0.6 is 0 Å². The predicted molar refractivity (Wildman–Crippen MR) is 103 cm³/mol. The van der Waals surface area contributed by atoms with Crippen LogP contribution in [0.4, 0.5) is 5.82 Å². The first-order chi connectivity index (χ1) is 12.3. The Hall–Kier alpha value is -3.20. The minimum atomic E-state index is 0.732. The molecular weight excluding hydrogens is 306 g/mol. The SMILES string of the molecule is Cc1cccc2nc(-c3ccccc3)nc(NCc3ccccc3)c12. The van der Waals surface area contributed by atoms with Crippen molar-refractivity contribution in [1.29, 1.82) is 0 Å². The summed E-state index contributed by atoms with van der Waals surface area (Å²) in [6, 6.07) is 26.6. The van der Waals surface area contributed by atoms with Crippen molar-refractivity contribution >= 4 is 16.7 Å². The third kappa shape index (κ3) is 3.22. The van der Waals surface area contributed by atoms with Gasteiger partial charge in [-0.25, -0.2) is 9.97 Å². The molecule has 0 aliphatic rings. The molecule has 3 nitrogen and oxygen atoms in total. The van der Waals surface area contributed by atoms with E-state index in [1.54, 1.807) is 0 Å². The molecule has 0 unspecified atom stereocenters.